The zero-order valence-electron chi connectivity index (χ0n) is 19.6. The number of aromatic nitrogens is 3. The molecule has 0 saturated heterocycles. The maximum Gasteiger partial charge on any atom is 0.159 e. The van der Waals surface area contributed by atoms with Gasteiger partial charge in [-0.3, -0.25) is 4.79 Å². The number of hydrogen-bond donors (Lipinski definition) is 1. The molecule has 5 nitrogen and oxygen atoms in total. The summed E-state index contributed by atoms with van der Waals surface area (Å²) in [5, 5.41) is 19.4. The van der Waals surface area contributed by atoms with E-state index < -0.39 is 5.60 Å². The van der Waals surface area contributed by atoms with E-state index in [0.717, 1.165) is 50.4 Å². The summed E-state index contributed by atoms with van der Waals surface area (Å²) in [6.07, 6.45) is 17.8. The summed E-state index contributed by atoms with van der Waals surface area (Å²) in [6, 6.07) is 0. The quantitative estimate of drug-likeness (QED) is 0.690. The van der Waals surface area contributed by atoms with E-state index in [-0.39, 0.29) is 11.3 Å². The van der Waals surface area contributed by atoms with Crippen LogP contribution in [0.25, 0.3) is 0 Å². The molecule has 1 N–H and O–H groups in total. The van der Waals surface area contributed by atoms with Crippen molar-refractivity contribution in [2.75, 3.05) is 0 Å². The van der Waals surface area contributed by atoms with Crippen molar-refractivity contribution in [2.45, 2.75) is 103 Å². The highest BCUT2D eigenvalue weighted by atomic mass is 16.3. The van der Waals surface area contributed by atoms with Crippen LogP contribution in [0.2, 0.25) is 0 Å². The van der Waals surface area contributed by atoms with Gasteiger partial charge in [0, 0.05) is 11.8 Å². The number of aliphatic hydroxyl groups is 1. The maximum absolute atomic E-state index is 13.2. The van der Waals surface area contributed by atoms with Crippen molar-refractivity contribution >= 4 is 5.78 Å². The van der Waals surface area contributed by atoms with Gasteiger partial charge in [0.1, 0.15) is 12.1 Å². The Morgan fingerprint density at radius 1 is 1.00 bits per heavy atom. The van der Waals surface area contributed by atoms with E-state index in [1.807, 2.05) is 0 Å². The van der Waals surface area contributed by atoms with E-state index >= 15 is 0 Å². The van der Waals surface area contributed by atoms with Crippen LogP contribution in [0.15, 0.2) is 12.4 Å². The molecule has 32 heavy (non-hydrogen) atoms. The molecule has 4 aliphatic rings. The van der Waals surface area contributed by atoms with Crippen molar-refractivity contribution in [3.63, 3.8) is 0 Å². The lowest BCUT2D eigenvalue weighted by Crippen LogP contribution is -2.44. The van der Waals surface area contributed by atoms with E-state index in [1.165, 1.54) is 44.9 Å². The van der Waals surface area contributed by atoms with Gasteiger partial charge in [-0.25, -0.2) is 0 Å². The predicted molar refractivity (Wildman–Crippen MR) is 123 cm³/mol. The Kier molecular flexibility index (Phi) is 6.18. The number of rotatable bonds is 3. The maximum atomic E-state index is 13.2. The molecule has 6 unspecified atom stereocenters. The first kappa shape index (κ1) is 22.1. The Morgan fingerprint density at radius 2 is 1.78 bits per heavy atom. The van der Waals surface area contributed by atoms with Gasteiger partial charge in [-0.15, -0.1) is 0 Å². The molecule has 0 amide bonds. The average Bonchev–Trinajstić information content (AvgIpc) is 3.34. The Morgan fingerprint density at radius 3 is 2.56 bits per heavy atom. The Bertz CT molecular complexity index is 867. The van der Waals surface area contributed by atoms with Crippen LogP contribution in [0, 0.1) is 46.8 Å². The largest absolute Gasteiger partial charge is 0.378 e. The Hall–Kier alpha value is -1.67. The highest BCUT2D eigenvalue weighted by Crippen LogP contribution is 2.61. The van der Waals surface area contributed by atoms with Gasteiger partial charge in [-0.1, -0.05) is 31.6 Å². The molecule has 0 aliphatic heterocycles. The number of ketones is 1. The number of Topliss-reactive ketones (excluding diaryl/α,β-unsaturated/α-hetero) is 1. The van der Waals surface area contributed by atoms with E-state index in [1.54, 1.807) is 17.2 Å². The lowest BCUT2D eigenvalue weighted by atomic mass is 9.55. The number of hydrogen-bond acceptors (Lipinski definition) is 4. The molecular weight excluding hydrogens is 398 g/mol. The van der Waals surface area contributed by atoms with Crippen molar-refractivity contribution in [1.29, 1.82) is 0 Å². The fourth-order valence-electron chi connectivity index (χ4n) is 7.43. The number of carbonyl (C=O) groups excluding carboxylic acids is 1. The van der Waals surface area contributed by atoms with Crippen LogP contribution >= 0.6 is 0 Å². The van der Waals surface area contributed by atoms with E-state index in [4.69, 9.17) is 0 Å². The monoisotopic (exact) mass is 437 g/mol. The van der Waals surface area contributed by atoms with E-state index in [9.17, 15) is 9.90 Å². The lowest BCUT2D eigenvalue weighted by Gasteiger charge is -2.49. The highest BCUT2D eigenvalue weighted by Gasteiger charge is 2.55. The summed E-state index contributed by atoms with van der Waals surface area (Å²) < 4.78 is 0. The number of fused-ring (bicyclic) bond motifs is 3. The molecule has 1 aromatic heterocycles. The van der Waals surface area contributed by atoms with Gasteiger partial charge in [0.05, 0.1) is 12.4 Å². The fourth-order valence-corrected chi connectivity index (χ4v) is 7.43. The summed E-state index contributed by atoms with van der Waals surface area (Å²) >= 11 is 0. The summed E-state index contributed by atoms with van der Waals surface area (Å²) in [5.74, 6) is 9.78. The minimum absolute atomic E-state index is 0.131. The van der Waals surface area contributed by atoms with Crippen LogP contribution in [0.4, 0.5) is 0 Å². The van der Waals surface area contributed by atoms with Crippen molar-refractivity contribution in [2.24, 2.45) is 35.0 Å². The Balaban J connectivity index is 1.25. The molecular formula is C27H39N3O2. The fraction of sp³-hybridized carbons (Fsp3) is 0.815. The summed E-state index contributed by atoms with van der Waals surface area (Å²) in [5.41, 5.74) is -0.629. The number of nitrogens with zero attached hydrogens (tertiary/aromatic N) is 3. The third-order valence-electron chi connectivity index (χ3n) is 9.37. The van der Waals surface area contributed by atoms with Crippen LogP contribution in [0.1, 0.15) is 90.4 Å². The van der Waals surface area contributed by atoms with Gasteiger partial charge in [-0.2, -0.15) is 15.0 Å². The van der Waals surface area contributed by atoms with Crippen molar-refractivity contribution in [1.82, 2.24) is 15.0 Å². The molecule has 0 spiro atoms. The van der Waals surface area contributed by atoms with Crippen molar-refractivity contribution in [3.8, 4) is 11.8 Å². The van der Waals surface area contributed by atoms with Crippen LogP contribution < -0.4 is 0 Å². The minimum atomic E-state index is -0.760. The van der Waals surface area contributed by atoms with Gasteiger partial charge in [-0.05, 0) is 93.8 Å². The van der Waals surface area contributed by atoms with Crippen LogP contribution in [0.3, 0.4) is 0 Å². The van der Waals surface area contributed by atoms with Gasteiger partial charge in [0.15, 0.2) is 5.78 Å². The van der Waals surface area contributed by atoms with E-state index in [0.29, 0.717) is 24.2 Å². The average molecular weight is 438 g/mol. The van der Waals surface area contributed by atoms with Crippen LogP contribution in [-0.2, 0) is 11.3 Å². The smallest absolute Gasteiger partial charge is 0.159 e. The summed E-state index contributed by atoms with van der Waals surface area (Å²) in [7, 11) is 0. The Labute approximate surface area is 192 Å². The third-order valence-corrected chi connectivity index (χ3v) is 9.37. The zero-order chi connectivity index (χ0) is 22.2. The van der Waals surface area contributed by atoms with Gasteiger partial charge >= 0.3 is 0 Å². The standard InChI is InChI=1S/C27H39N3O2/c1-26-15-12-21-5-4-14-27(32,16-11-20-7-8-20)13-3-2-6-22(21)23(26)9-10-24(26)25(31)19-30-28-17-18-29-30/h17-18,20-24,32H,2-10,12-15,19H2,1H3. The van der Waals surface area contributed by atoms with Crippen molar-refractivity contribution < 1.29 is 9.90 Å². The molecule has 0 aromatic carbocycles. The molecule has 4 fully saturated rings. The third kappa shape index (κ3) is 4.53. The predicted octanol–water partition coefficient (Wildman–Crippen LogP) is 4.79. The second-order valence-electron chi connectivity index (χ2n) is 11.4. The van der Waals surface area contributed by atoms with Crippen LogP contribution in [-0.4, -0.2) is 31.5 Å². The van der Waals surface area contributed by atoms with Gasteiger partial charge < -0.3 is 5.11 Å². The first-order chi connectivity index (χ1) is 15.5. The second-order valence-corrected chi connectivity index (χ2v) is 11.4. The molecule has 174 valence electrons. The molecule has 0 bridgehead atoms. The summed E-state index contributed by atoms with van der Waals surface area (Å²) in [4.78, 5) is 14.7. The minimum Gasteiger partial charge on any atom is -0.378 e. The molecule has 4 aliphatic carbocycles. The van der Waals surface area contributed by atoms with Gasteiger partial charge in [0.2, 0.25) is 0 Å². The highest BCUT2D eigenvalue weighted by molar-refractivity contribution is 5.81. The second kappa shape index (κ2) is 8.93. The van der Waals surface area contributed by atoms with Crippen molar-refractivity contribution in [3.05, 3.63) is 12.4 Å². The SMILES string of the molecule is CC12CCC3CCCC(O)(C#CC4CC4)CCCCC3C1CCC2C(=O)Cn1nccn1. The molecule has 5 rings (SSSR count). The first-order valence-electron chi connectivity index (χ1n) is 13.1. The molecule has 0 radical (unpaired) electrons. The molecule has 6 atom stereocenters. The topological polar surface area (TPSA) is 68.0 Å². The van der Waals surface area contributed by atoms with Gasteiger partial charge in [0.25, 0.3) is 0 Å². The molecule has 4 saturated carbocycles. The normalized spacial score (nSPS) is 39.9. The molecule has 1 heterocycles. The van der Waals surface area contributed by atoms with Crippen LogP contribution in [0.5, 0.6) is 0 Å². The number of carbonyl (C=O) groups is 1. The van der Waals surface area contributed by atoms with E-state index in [2.05, 4.69) is 29.0 Å². The zero-order valence-corrected chi connectivity index (χ0v) is 19.6. The summed E-state index contributed by atoms with van der Waals surface area (Å²) in [6.45, 7) is 2.72. The lowest BCUT2D eigenvalue weighted by molar-refractivity contribution is -0.129. The molecule has 1 aromatic rings. The first-order valence-corrected chi connectivity index (χ1v) is 13.1. The molecule has 5 heteroatoms.